The van der Waals surface area contributed by atoms with E-state index >= 15 is 0 Å². The highest BCUT2D eigenvalue weighted by Gasteiger charge is 2.30. The summed E-state index contributed by atoms with van der Waals surface area (Å²) >= 11 is 0. The van der Waals surface area contributed by atoms with E-state index in [4.69, 9.17) is 5.11 Å². The summed E-state index contributed by atoms with van der Waals surface area (Å²) in [6, 6.07) is 3.92. The topological polar surface area (TPSA) is 20.2 Å². The number of phenolic OH excluding ortho intramolecular Hbond substituents is 1. The first-order chi connectivity index (χ1) is 6.41. The maximum Gasteiger partial charge on any atom is 0.416 e. The van der Waals surface area contributed by atoms with E-state index < -0.39 is 11.7 Å². The van der Waals surface area contributed by atoms with Gasteiger partial charge in [0.1, 0.15) is 5.75 Å². The first-order valence-corrected chi connectivity index (χ1v) is 4.28. The van der Waals surface area contributed by atoms with E-state index in [0.717, 1.165) is 12.1 Å². The summed E-state index contributed by atoms with van der Waals surface area (Å²) in [6.45, 7) is 4.25. The molecule has 0 bridgehead atoms. The van der Waals surface area contributed by atoms with Gasteiger partial charge in [0.2, 0.25) is 0 Å². The highest BCUT2D eigenvalue weighted by molar-refractivity contribution is 5.28. The average Bonchev–Trinajstić information content (AvgIpc) is 2.04. The fourth-order valence-electron chi connectivity index (χ4n) is 0.682. The number of phenols is 1. The van der Waals surface area contributed by atoms with Crippen molar-refractivity contribution in [2.75, 3.05) is 0 Å². The molecule has 0 unspecified atom stereocenters. The second kappa shape index (κ2) is 5.52. The van der Waals surface area contributed by atoms with E-state index in [-0.39, 0.29) is 5.75 Å². The van der Waals surface area contributed by atoms with Crippen molar-refractivity contribution in [2.45, 2.75) is 26.4 Å². The van der Waals surface area contributed by atoms with E-state index in [9.17, 15) is 13.2 Å². The summed E-state index contributed by atoms with van der Waals surface area (Å²) in [4.78, 5) is 0. The molecule has 4 heteroatoms. The van der Waals surface area contributed by atoms with Gasteiger partial charge in [0.05, 0.1) is 5.56 Å². The molecule has 1 nitrogen and oxygen atoms in total. The van der Waals surface area contributed by atoms with Crippen molar-refractivity contribution in [3.05, 3.63) is 29.8 Å². The van der Waals surface area contributed by atoms with Gasteiger partial charge in [-0.2, -0.15) is 13.2 Å². The minimum absolute atomic E-state index is 0.375. The van der Waals surface area contributed by atoms with Gasteiger partial charge >= 0.3 is 6.18 Å². The Labute approximate surface area is 81.2 Å². The van der Waals surface area contributed by atoms with Crippen LogP contribution in [0.15, 0.2) is 24.3 Å². The second-order valence-electron chi connectivity index (χ2n) is 2.76. The molecule has 0 heterocycles. The van der Waals surface area contributed by atoms with Crippen LogP contribution in [0.25, 0.3) is 0 Å². The summed E-state index contributed by atoms with van der Waals surface area (Å²) in [5.41, 5.74) is -0.836. The molecule has 0 spiro atoms. The monoisotopic (exact) mass is 206 g/mol. The predicted octanol–water partition coefficient (Wildman–Crippen LogP) is 3.83. The average molecular weight is 206 g/mol. The third-order valence-corrected chi connectivity index (χ3v) is 1.17. The highest BCUT2D eigenvalue weighted by Crippen LogP contribution is 2.30. The third-order valence-electron chi connectivity index (χ3n) is 1.17. The Hall–Kier alpha value is -1.19. The number of hydrogen-bond acceptors (Lipinski definition) is 1. The number of aromatic hydroxyl groups is 1. The standard InChI is InChI=1S/C7H5F3O.C3H8/c8-7(9,10)5-2-1-3-6(11)4-5;1-3-2/h1-4,11H;3H2,1-2H3. The van der Waals surface area contributed by atoms with Crippen molar-refractivity contribution < 1.29 is 18.3 Å². The van der Waals surface area contributed by atoms with E-state index in [2.05, 4.69) is 13.8 Å². The summed E-state index contributed by atoms with van der Waals surface area (Å²) in [5.74, 6) is -0.375. The smallest absolute Gasteiger partial charge is 0.416 e. The minimum atomic E-state index is -4.38. The maximum atomic E-state index is 11.9. The largest absolute Gasteiger partial charge is 0.508 e. The second-order valence-corrected chi connectivity index (χ2v) is 2.76. The number of halogens is 3. The molecule has 80 valence electrons. The van der Waals surface area contributed by atoms with Crippen molar-refractivity contribution in [3.8, 4) is 5.75 Å². The van der Waals surface area contributed by atoms with Crippen molar-refractivity contribution >= 4 is 0 Å². The van der Waals surface area contributed by atoms with Gasteiger partial charge in [0.15, 0.2) is 0 Å². The van der Waals surface area contributed by atoms with Crippen LogP contribution in [0.5, 0.6) is 5.75 Å². The van der Waals surface area contributed by atoms with Crippen LogP contribution >= 0.6 is 0 Å². The molecule has 0 atom stereocenters. The molecule has 1 rings (SSSR count). The molecule has 1 aromatic carbocycles. The first kappa shape index (κ1) is 12.8. The van der Waals surface area contributed by atoms with Gasteiger partial charge in [-0.25, -0.2) is 0 Å². The Kier molecular flexibility index (Phi) is 5.05. The van der Waals surface area contributed by atoms with E-state index in [1.54, 1.807) is 0 Å². The van der Waals surface area contributed by atoms with Crippen molar-refractivity contribution in [3.63, 3.8) is 0 Å². The van der Waals surface area contributed by atoms with Crippen LogP contribution in [-0.4, -0.2) is 5.11 Å². The van der Waals surface area contributed by atoms with Crippen LogP contribution in [0.2, 0.25) is 0 Å². The Morgan fingerprint density at radius 1 is 1.21 bits per heavy atom. The van der Waals surface area contributed by atoms with Crippen LogP contribution in [0.3, 0.4) is 0 Å². The van der Waals surface area contributed by atoms with Crippen LogP contribution in [0, 0.1) is 0 Å². The lowest BCUT2D eigenvalue weighted by Gasteiger charge is -2.05. The highest BCUT2D eigenvalue weighted by atomic mass is 19.4. The molecule has 14 heavy (non-hydrogen) atoms. The van der Waals surface area contributed by atoms with E-state index in [1.165, 1.54) is 12.5 Å². The summed E-state index contributed by atoms with van der Waals surface area (Å²) in [6.07, 6.45) is -3.13. The van der Waals surface area contributed by atoms with Gasteiger partial charge in [-0.15, -0.1) is 0 Å². The molecule has 0 amide bonds. The molecular formula is C10H13F3O. The summed E-state index contributed by atoms with van der Waals surface area (Å²) < 4.78 is 35.6. The Bertz CT molecular complexity index is 268. The molecule has 0 radical (unpaired) electrons. The molecule has 0 aliphatic rings. The van der Waals surface area contributed by atoms with Crippen LogP contribution in [-0.2, 0) is 6.18 Å². The zero-order valence-electron chi connectivity index (χ0n) is 8.10. The number of benzene rings is 1. The first-order valence-electron chi connectivity index (χ1n) is 4.28. The Morgan fingerprint density at radius 2 is 1.71 bits per heavy atom. The zero-order chi connectivity index (χ0) is 11.2. The number of rotatable bonds is 0. The quantitative estimate of drug-likeness (QED) is 0.684. The molecule has 1 aromatic rings. The van der Waals surface area contributed by atoms with Gasteiger partial charge in [-0.3, -0.25) is 0 Å². The number of hydrogen-bond donors (Lipinski definition) is 1. The molecule has 1 N–H and O–H groups in total. The van der Waals surface area contributed by atoms with Crippen molar-refractivity contribution in [1.29, 1.82) is 0 Å². The van der Waals surface area contributed by atoms with Gasteiger partial charge in [-0.1, -0.05) is 26.3 Å². The molecule has 0 fully saturated rings. The molecule has 0 saturated heterocycles. The van der Waals surface area contributed by atoms with E-state index in [1.807, 2.05) is 0 Å². The summed E-state index contributed by atoms with van der Waals surface area (Å²) in [5, 5.41) is 8.68. The Balaban J connectivity index is 0.000000500. The lowest BCUT2D eigenvalue weighted by atomic mass is 10.2. The van der Waals surface area contributed by atoms with Gasteiger partial charge in [0.25, 0.3) is 0 Å². The van der Waals surface area contributed by atoms with Crippen LogP contribution < -0.4 is 0 Å². The lowest BCUT2D eigenvalue weighted by molar-refractivity contribution is -0.137. The molecule has 0 aliphatic carbocycles. The number of alkyl halides is 3. The minimum Gasteiger partial charge on any atom is -0.508 e. The predicted molar refractivity (Wildman–Crippen MR) is 49.1 cm³/mol. The van der Waals surface area contributed by atoms with Crippen molar-refractivity contribution in [1.82, 2.24) is 0 Å². The molecule has 0 aromatic heterocycles. The fraction of sp³-hybridized carbons (Fsp3) is 0.400. The van der Waals surface area contributed by atoms with Crippen molar-refractivity contribution in [2.24, 2.45) is 0 Å². The molecular weight excluding hydrogens is 193 g/mol. The zero-order valence-corrected chi connectivity index (χ0v) is 8.10. The Morgan fingerprint density at radius 3 is 2.00 bits per heavy atom. The normalized spacial score (nSPS) is 10.4. The molecule has 0 saturated carbocycles. The third kappa shape index (κ3) is 4.74. The van der Waals surface area contributed by atoms with Crippen LogP contribution in [0.4, 0.5) is 13.2 Å². The van der Waals surface area contributed by atoms with E-state index in [0.29, 0.717) is 6.07 Å². The molecule has 0 aliphatic heterocycles. The van der Waals surface area contributed by atoms with Crippen LogP contribution in [0.1, 0.15) is 25.8 Å². The SMILES string of the molecule is CCC.Oc1cccc(C(F)(F)F)c1. The fourth-order valence-corrected chi connectivity index (χ4v) is 0.682. The van der Waals surface area contributed by atoms with Gasteiger partial charge in [0, 0.05) is 0 Å². The maximum absolute atomic E-state index is 11.9. The van der Waals surface area contributed by atoms with Gasteiger partial charge in [-0.05, 0) is 18.2 Å². The summed E-state index contributed by atoms with van der Waals surface area (Å²) in [7, 11) is 0. The lowest BCUT2D eigenvalue weighted by Crippen LogP contribution is -2.03. The van der Waals surface area contributed by atoms with Gasteiger partial charge < -0.3 is 5.11 Å².